The Morgan fingerprint density at radius 2 is 2.15 bits per heavy atom. The number of fused-ring (bicyclic) bond motifs is 1. The molecule has 0 saturated carbocycles. The molecule has 0 radical (unpaired) electrons. The van der Waals surface area contributed by atoms with Crippen molar-refractivity contribution in [1.29, 1.82) is 0 Å². The summed E-state index contributed by atoms with van der Waals surface area (Å²) >= 11 is 5.91. The Balaban J connectivity index is 2.98. The number of nitrogen functional groups attached to an aromatic ring is 1. The van der Waals surface area contributed by atoms with Crippen LogP contribution in [0.1, 0.15) is 5.69 Å². The molecule has 13 heavy (non-hydrogen) atoms. The van der Waals surface area contributed by atoms with Gasteiger partial charge in [-0.05, 0) is 19.1 Å². The molecule has 0 saturated heterocycles. The fraction of sp³-hybridized carbons (Fsp3) is 0.222. The van der Waals surface area contributed by atoms with Gasteiger partial charge in [-0.15, -0.1) is 0 Å². The van der Waals surface area contributed by atoms with Crippen molar-refractivity contribution in [3.63, 3.8) is 0 Å². The highest BCUT2D eigenvalue weighted by Crippen LogP contribution is 2.30. The fourth-order valence-corrected chi connectivity index (χ4v) is 1.72. The number of nitrogens with zero attached hydrogens (tertiary/aromatic N) is 2. The monoisotopic (exact) mass is 195 g/mol. The summed E-state index contributed by atoms with van der Waals surface area (Å²) in [5.74, 6) is 0. The molecule has 4 heteroatoms. The normalized spacial score (nSPS) is 11.0. The Labute approximate surface area is 81.1 Å². The largest absolute Gasteiger partial charge is 0.397 e. The first kappa shape index (κ1) is 8.38. The Kier molecular flexibility index (Phi) is 1.70. The Hall–Kier alpha value is -1.22. The van der Waals surface area contributed by atoms with E-state index in [0.29, 0.717) is 10.7 Å². The maximum atomic E-state index is 5.91. The van der Waals surface area contributed by atoms with Crippen LogP contribution in [-0.2, 0) is 7.05 Å². The fourth-order valence-electron chi connectivity index (χ4n) is 1.56. The number of hydrogen-bond acceptors (Lipinski definition) is 2. The molecule has 0 unspecified atom stereocenters. The van der Waals surface area contributed by atoms with Crippen LogP contribution >= 0.6 is 11.6 Å². The van der Waals surface area contributed by atoms with Gasteiger partial charge in [-0.3, -0.25) is 4.68 Å². The van der Waals surface area contributed by atoms with Crippen LogP contribution in [-0.4, -0.2) is 9.78 Å². The van der Waals surface area contributed by atoms with E-state index in [0.717, 1.165) is 16.6 Å². The molecule has 2 N–H and O–H groups in total. The van der Waals surface area contributed by atoms with Crippen molar-refractivity contribution in [2.45, 2.75) is 6.92 Å². The van der Waals surface area contributed by atoms with Gasteiger partial charge in [0.05, 0.1) is 21.9 Å². The Bertz CT molecular complexity index is 473. The van der Waals surface area contributed by atoms with Crippen molar-refractivity contribution >= 4 is 28.2 Å². The van der Waals surface area contributed by atoms with Crippen molar-refractivity contribution < 1.29 is 0 Å². The maximum absolute atomic E-state index is 5.91. The van der Waals surface area contributed by atoms with Crippen molar-refractivity contribution in [1.82, 2.24) is 9.78 Å². The highest BCUT2D eigenvalue weighted by atomic mass is 35.5. The lowest BCUT2D eigenvalue weighted by molar-refractivity contribution is 0.783. The first-order valence-electron chi connectivity index (χ1n) is 3.98. The zero-order valence-corrected chi connectivity index (χ0v) is 8.26. The van der Waals surface area contributed by atoms with E-state index in [1.54, 1.807) is 10.7 Å². The molecule has 0 atom stereocenters. The summed E-state index contributed by atoms with van der Waals surface area (Å²) in [6.45, 7) is 1.93. The van der Waals surface area contributed by atoms with E-state index in [1.165, 1.54) is 0 Å². The summed E-state index contributed by atoms with van der Waals surface area (Å²) in [5.41, 5.74) is 8.39. The summed E-state index contributed by atoms with van der Waals surface area (Å²) in [7, 11) is 1.89. The molecular weight excluding hydrogens is 186 g/mol. The van der Waals surface area contributed by atoms with E-state index < -0.39 is 0 Å². The molecule has 0 bridgehead atoms. The molecule has 1 aromatic heterocycles. The molecule has 0 fully saturated rings. The minimum Gasteiger partial charge on any atom is -0.397 e. The second-order valence-electron chi connectivity index (χ2n) is 3.06. The number of rotatable bonds is 0. The van der Waals surface area contributed by atoms with Crippen molar-refractivity contribution in [2.75, 3.05) is 5.73 Å². The van der Waals surface area contributed by atoms with Gasteiger partial charge in [-0.25, -0.2) is 0 Å². The van der Waals surface area contributed by atoms with Crippen molar-refractivity contribution in [2.24, 2.45) is 7.05 Å². The van der Waals surface area contributed by atoms with Gasteiger partial charge in [-0.2, -0.15) is 5.10 Å². The lowest BCUT2D eigenvalue weighted by Gasteiger charge is -2.00. The number of aryl methyl sites for hydroxylation is 2. The van der Waals surface area contributed by atoms with E-state index in [2.05, 4.69) is 5.10 Å². The van der Waals surface area contributed by atoms with Gasteiger partial charge in [0.15, 0.2) is 0 Å². The number of benzene rings is 1. The first-order valence-corrected chi connectivity index (χ1v) is 4.36. The average molecular weight is 196 g/mol. The summed E-state index contributed by atoms with van der Waals surface area (Å²) < 4.78 is 1.80. The number of aromatic nitrogens is 2. The van der Waals surface area contributed by atoms with Crippen LogP contribution in [0.5, 0.6) is 0 Å². The number of hydrogen-bond donors (Lipinski definition) is 1. The predicted molar refractivity (Wildman–Crippen MR) is 54.9 cm³/mol. The molecule has 0 amide bonds. The van der Waals surface area contributed by atoms with Crippen molar-refractivity contribution in [3.8, 4) is 0 Å². The standard InChI is InChI=1S/C9H10ClN3/c1-5-8-7(13(2)12-5)4-3-6(10)9(8)11/h3-4H,11H2,1-2H3. The molecule has 0 aliphatic heterocycles. The van der Waals surface area contributed by atoms with Crippen LogP contribution in [0.4, 0.5) is 5.69 Å². The average Bonchev–Trinajstić information content (AvgIpc) is 2.35. The molecule has 2 rings (SSSR count). The molecule has 3 nitrogen and oxygen atoms in total. The predicted octanol–water partition coefficient (Wildman–Crippen LogP) is 2.12. The Morgan fingerprint density at radius 1 is 1.46 bits per heavy atom. The van der Waals surface area contributed by atoms with Gasteiger partial charge in [0.2, 0.25) is 0 Å². The van der Waals surface area contributed by atoms with Gasteiger partial charge in [0.1, 0.15) is 0 Å². The van der Waals surface area contributed by atoms with Gasteiger partial charge in [0, 0.05) is 12.4 Å². The molecule has 1 aromatic carbocycles. The van der Waals surface area contributed by atoms with Crippen LogP contribution < -0.4 is 5.73 Å². The van der Waals surface area contributed by atoms with Crippen LogP contribution in [0.3, 0.4) is 0 Å². The zero-order chi connectivity index (χ0) is 9.59. The topological polar surface area (TPSA) is 43.8 Å². The van der Waals surface area contributed by atoms with Gasteiger partial charge in [-0.1, -0.05) is 11.6 Å². The minimum atomic E-state index is 0.587. The third kappa shape index (κ3) is 1.08. The minimum absolute atomic E-state index is 0.587. The first-order chi connectivity index (χ1) is 6.11. The molecule has 0 aliphatic carbocycles. The number of nitrogens with two attached hydrogens (primary N) is 1. The number of anilines is 1. The molecular formula is C9H10ClN3. The zero-order valence-electron chi connectivity index (χ0n) is 7.50. The quantitative estimate of drug-likeness (QED) is 0.655. The van der Waals surface area contributed by atoms with Crippen LogP contribution in [0.15, 0.2) is 12.1 Å². The lowest BCUT2D eigenvalue weighted by atomic mass is 10.2. The molecule has 1 heterocycles. The van der Waals surface area contributed by atoms with E-state index in [4.69, 9.17) is 17.3 Å². The van der Waals surface area contributed by atoms with Gasteiger partial charge >= 0.3 is 0 Å². The highest BCUT2D eigenvalue weighted by Gasteiger charge is 2.09. The third-order valence-electron chi connectivity index (χ3n) is 2.18. The summed E-state index contributed by atoms with van der Waals surface area (Å²) in [6.07, 6.45) is 0. The summed E-state index contributed by atoms with van der Waals surface area (Å²) in [6, 6.07) is 3.72. The molecule has 0 spiro atoms. The Morgan fingerprint density at radius 3 is 2.85 bits per heavy atom. The van der Waals surface area contributed by atoms with Gasteiger partial charge in [0.25, 0.3) is 0 Å². The highest BCUT2D eigenvalue weighted by molar-refractivity contribution is 6.34. The molecule has 68 valence electrons. The smallest absolute Gasteiger partial charge is 0.0703 e. The number of halogens is 1. The van der Waals surface area contributed by atoms with E-state index in [1.807, 2.05) is 20.0 Å². The summed E-state index contributed by atoms with van der Waals surface area (Å²) in [4.78, 5) is 0. The molecule has 2 aromatic rings. The van der Waals surface area contributed by atoms with E-state index in [-0.39, 0.29) is 0 Å². The summed E-state index contributed by atoms with van der Waals surface area (Å²) in [5, 5.41) is 5.81. The van der Waals surface area contributed by atoms with E-state index >= 15 is 0 Å². The lowest BCUT2D eigenvalue weighted by Crippen LogP contribution is -1.90. The SMILES string of the molecule is Cc1nn(C)c2ccc(Cl)c(N)c12. The van der Waals surface area contributed by atoms with Gasteiger partial charge < -0.3 is 5.73 Å². The maximum Gasteiger partial charge on any atom is 0.0703 e. The van der Waals surface area contributed by atoms with Crippen LogP contribution in [0, 0.1) is 6.92 Å². The van der Waals surface area contributed by atoms with Crippen LogP contribution in [0.2, 0.25) is 5.02 Å². The third-order valence-corrected chi connectivity index (χ3v) is 2.51. The second-order valence-corrected chi connectivity index (χ2v) is 3.47. The van der Waals surface area contributed by atoms with Crippen molar-refractivity contribution in [3.05, 3.63) is 22.8 Å². The van der Waals surface area contributed by atoms with Crippen LogP contribution in [0.25, 0.3) is 10.9 Å². The van der Waals surface area contributed by atoms with E-state index in [9.17, 15) is 0 Å². The second kappa shape index (κ2) is 2.64. The molecule has 0 aliphatic rings.